The van der Waals surface area contributed by atoms with Crippen molar-refractivity contribution in [1.82, 2.24) is 4.90 Å². The molecule has 0 aliphatic carbocycles. The number of carbonyl (C=O) groups excluding carboxylic acids is 2. The van der Waals surface area contributed by atoms with E-state index in [4.69, 9.17) is 0 Å². The predicted molar refractivity (Wildman–Crippen MR) is 96.1 cm³/mol. The second-order valence-corrected chi connectivity index (χ2v) is 8.97. The normalized spacial score (nSPS) is 34.8. The summed E-state index contributed by atoms with van der Waals surface area (Å²) in [4.78, 5) is 27.0. The van der Waals surface area contributed by atoms with Crippen LogP contribution in [0.3, 0.4) is 0 Å². The van der Waals surface area contributed by atoms with E-state index in [1.807, 2.05) is 20.8 Å². The van der Waals surface area contributed by atoms with E-state index in [0.717, 1.165) is 12.7 Å². The van der Waals surface area contributed by atoms with Crippen LogP contribution in [0, 0.1) is 28.6 Å². The molecular weight excluding hydrogens is 286 g/mol. The number of carbonyl (C=O) groups is 2. The lowest BCUT2D eigenvalue weighted by Crippen LogP contribution is -2.60. The molecule has 0 radical (unpaired) electrons. The third-order valence-corrected chi connectivity index (χ3v) is 6.75. The minimum absolute atomic E-state index is 0.223. The number of piperidine rings is 1. The highest BCUT2D eigenvalue weighted by atomic mass is 16.2. The van der Waals surface area contributed by atoms with Crippen LogP contribution in [0.5, 0.6) is 0 Å². The highest BCUT2D eigenvalue weighted by molar-refractivity contribution is 5.83. The fraction of sp³-hybridized carbons (Fsp3) is 0.900. The van der Waals surface area contributed by atoms with Gasteiger partial charge in [-0.1, -0.05) is 48.5 Å². The van der Waals surface area contributed by atoms with Gasteiger partial charge in [-0.3, -0.25) is 4.79 Å². The first-order valence-electron chi connectivity index (χ1n) is 9.21. The highest BCUT2D eigenvalue weighted by Crippen LogP contribution is 2.43. The van der Waals surface area contributed by atoms with E-state index in [1.165, 1.54) is 0 Å². The number of amides is 1. The van der Waals surface area contributed by atoms with Gasteiger partial charge in [-0.2, -0.15) is 0 Å². The first-order chi connectivity index (χ1) is 10.4. The Labute approximate surface area is 143 Å². The molecule has 0 spiro atoms. The summed E-state index contributed by atoms with van der Waals surface area (Å²) in [6, 6.07) is 0.489. The first kappa shape index (κ1) is 20.2. The molecule has 5 unspecified atom stereocenters. The van der Waals surface area contributed by atoms with E-state index in [1.54, 1.807) is 0 Å². The molecule has 0 saturated carbocycles. The Morgan fingerprint density at radius 3 is 1.74 bits per heavy atom. The van der Waals surface area contributed by atoms with E-state index in [0.29, 0.717) is 24.2 Å². The summed E-state index contributed by atoms with van der Waals surface area (Å²) in [5, 5.41) is 0. The third-order valence-electron chi connectivity index (χ3n) is 6.75. The van der Waals surface area contributed by atoms with Gasteiger partial charge in [0.15, 0.2) is 0 Å². The molecule has 1 aliphatic heterocycles. The molecule has 0 aromatic rings. The fourth-order valence-corrected chi connectivity index (χ4v) is 4.32. The summed E-state index contributed by atoms with van der Waals surface area (Å²) < 4.78 is 0. The molecule has 1 rings (SSSR count). The maximum absolute atomic E-state index is 13.5. The maximum Gasteiger partial charge on any atom is 0.229 e. The van der Waals surface area contributed by atoms with Gasteiger partial charge in [0.05, 0.1) is 0 Å². The van der Waals surface area contributed by atoms with Crippen molar-refractivity contribution in [2.45, 2.75) is 87.2 Å². The lowest BCUT2D eigenvalue weighted by molar-refractivity contribution is -0.156. The second kappa shape index (κ2) is 6.94. The average molecular weight is 324 g/mol. The number of rotatable bonds is 5. The van der Waals surface area contributed by atoms with Crippen molar-refractivity contribution < 1.29 is 9.59 Å². The maximum atomic E-state index is 13.5. The topological polar surface area (TPSA) is 37.4 Å². The van der Waals surface area contributed by atoms with E-state index in [2.05, 4.69) is 46.4 Å². The molecule has 3 heteroatoms. The lowest BCUT2D eigenvalue weighted by atomic mass is 9.69. The van der Waals surface area contributed by atoms with Gasteiger partial charge in [0.25, 0.3) is 0 Å². The highest BCUT2D eigenvalue weighted by Gasteiger charge is 2.47. The molecule has 1 aliphatic rings. The Bertz CT molecular complexity index is 429. The molecule has 0 bridgehead atoms. The molecule has 5 atom stereocenters. The average Bonchev–Trinajstić information content (AvgIpc) is 2.50. The second-order valence-electron chi connectivity index (χ2n) is 8.97. The fourth-order valence-electron chi connectivity index (χ4n) is 4.32. The summed E-state index contributed by atoms with van der Waals surface area (Å²) in [5.41, 5.74) is -0.944. The molecule has 0 N–H and O–H groups in total. The van der Waals surface area contributed by atoms with Crippen LogP contribution in [-0.2, 0) is 9.59 Å². The van der Waals surface area contributed by atoms with E-state index in [-0.39, 0.29) is 18.0 Å². The van der Waals surface area contributed by atoms with Gasteiger partial charge in [0.1, 0.15) is 6.29 Å². The minimum Gasteiger partial charge on any atom is -0.336 e. The molecule has 0 aromatic carbocycles. The molecule has 134 valence electrons. The predicted octanol–water partition coefficient (Wildman–Crippen LogP) is 4.55. The van der Waals surface area contributed by atoms with Gasteiger partial charge in [-0.25, -0.2) is 0 Å². The van der Waals surface area contributed by atoms with Crippen LogP contribution in [0.15, 0.2) is 0 Å². The quantitative estimate of drug-likeness (QED) is 0.696. The Morgan fingerprint density at radius 1 is 0.957 bits per heavy atom. The number of aldehydes is 1. The Morgan fingerprint density at radius 2 is 1.39 bits per heavy atom. The number of hydrogen-bond donors (Lipinski definition) is 0. The van der Waals surface area contributed by atoms with Crippen LogP contribution in [-0.4, -0.2) is 29.2 Å². The van der Waals surface area contributed by atoms with Gasteiger partial charge < -0.3 is 9.69 Å². The molecule has 0 aromatic heterocycles. The van der Waals surface area contributed by atoms with Crippen molar-refractivity contribution in [1.29, 1.82) is 0 Å². The van der Waals surface area contributed by atoms with Crippen molar-refractivity contribution in [2.24, 2.45) is 28.6 Å². The molecule has 1 heterocycles. The molecule has 1 saturated heterocycles. The van der Waals surface area contributed by atoms with Crippen molar-refractivity contribution in [2.75, 3.05) is 0 Å². The lowest BCUT2D eigenvalue weighted by Gasteiger charge is -2.52. The molecule has 1 fully saturated rings. The number of nitrogens with zero attached hydrogens (tertiary/aromatic N) is 1. The van der Waals surface area contributed by atoms with Crippen LogP contribution in [0.4, 0.5) is 0 Å². The SMILES string of the molecule is CCC(C)(CC(C)(C)C=O)C(=O)N1C(C)C(C)C(C)C(C)C1C. The third kappa shape index (κ3) is 3.80. The Hall–Kier alpha value is -0.860. The molecule has 23 heavy (non-hydrogen) atoms. The van der Waals surface area contributed by atoms with Gasteiger partial charge in [0, 0.05) is 22.9 Å². The Kier molecular flexibility index (Phi) is 6.09. The molecular formula is C20H37NO2. The van der Waals surface area contributed by atoms with Gasteiger partial charge >= 0.3 is 0 Å². The van der Waals surface area contributed by atoms with Crippen LogP contribution >= 0.6 is 0 Å². The van der Waals surface area contributed by atoms with E-state index < -0.39 is 10.8 Å². The first-order valence-corrected chi connectivity index (χ1v) is 9.21. The zero-order chi connectivity index (χ0) is 18.2. The summed E-state index contributed by atoms with van der Waals surface area (Å²) in [6.45, 7) is 19.1. The zero-order valence-electron chi connectivity index (χ0n) is 16.6. The smallest absolute Gasteiger partial charge is 0.229 e. The number of likely N-dealkylation sites (tertiary alicyclic amines) is 1. The van der Waals surface area contributed by atoms with Crippen LogP contribution in [0.1, 0.15) is 75.2 Å². The van der Waals surface area contributed by atoms with Crippen LogP contribution in [0.2, 0.25) is 0 Å². The van der Waals surface area contributed by atoms with Crippen molar-refractivity contribution in [3.05, 3.63) is 0 Å². The summed E-state index contributed by atoms with van der Waals surface area (Å²) in [7, 11) is 0. The summed E-state index contributed by atoms with van der Waals surface area (Å²) in [6.07, 6.45) is 2.36. The van der Waals surface area contributed by atoms with Crippen molar-refractivity contribution in [3.8, 4) is 0 Å². The molecule has 1 amide bonds. The largest absolute Gasteiger partial charge is 0.336 e. The van der Waals surface area contributed by atoms with Gasteiger partial charge in [-0.15, -0.1) is 0 Å². The van der Waals surface area contributed by atoms with Crippen LogP contribution in [0.25, 0.3) is 0 Å². The zero-order valence-corrected chi connectivity index (χ0v) is 16.6. The number of hydrogen-bond acceptors (Lipinski definition) is 2. The monoisotopic (exact) mass is 323 g/mol. The summed E-state index contributed by atoms with van der Waals surface area (Å²) in [5.74, 6) is 1.82. The minimum atomic E-state index is -0.479. The van der Waals surface area contributed by atoms with Crippen molar-refractivity contribution in [3.63, 3.8) is 0 Å². The van der Waals surface area contributed by atoms with Gasteiger partial charge in [0.2, 0.25) is 5.91 Å². The van der Waals surface area contributed by atoms with Crippen molar-refractivity contribution >= 4 is 12.2 Å². The van der Waals surface area contributed by atoms with E-state index >= 15 is 0 Å². The van der Waals surface area contributed by atoms with Crippen LogP contribution < -0.4 is 0 Å². The Balaban J connectivity index is 3.15. The molecule has 3 nitrogen and oxygen atoms in total. The van der Waals surface area contributed by atoms with Gasteiger partial charge in [-0.05, 0) is 44.4 Å². The summed E-state index contributed by atoms with van der Waals surface area (Å²) >= 11 is 0. The van der Waals surface area contributed by atoms with E-state index in [9.17, 15) is 9.59 Å². The standard InChI is InChI=1S/C20H37NO2/c1-10-20(9,11-19(7,8)12-22)18(23)21-16(5)14(3)13(2)15(4)17(21)6/h12-17H,10-11H2,1-9H3.